The molecule has 6 heteroatoms. The predicted molar refractivity (Wildman–Crippen MR) is 92.1 cm³/mol. The third-order valence-electron chi connectivity index (χ3n) is 4.15. The topological polar surface area (TPSA) is 47.6 Å². The van der Waals surface area contributed by atoms with Crippen molar-refractivity contribution in [3.05, 3.63) is 28.8 Å². The van der Waals surface area contributed by atoms with Crippen molar-refractivity contribution in [1.82, 2.24) is 5.32 Å². The number of nitrogens with one attached hydrogen (secondary N) is 1. The lowest BCUT2D eigenvalue weighted by atomic mass is 10.0. The van der Waals surface area contributed by atoms with Crippen LogP contribution in [-0.2, 0) is 14.3 Å². The minimum Gasteiger partial charge on any atom is -0.378 e. The maximum absolute atomic E-state index is 12.1. The number of hydrogen-bond donors (Lipinski definition) is 1. The Balaban J connectivity index is 1.44. The van der Waals surface area contributed by atoms with Crippen molar-refractivity contribution in [2.45, 2.75) is 42.7 Å². The van der Waals surface area contributed by atoms with Gasteiger partial charge in [0.05, 0.1) is 25.4 Å². The number of hydrogen-bond acceptors (Lipinski definition) is 4. The number of benzene rings is 1. The second-order valence-electron chi connectivity index (χ2n) is 5.90. The molecule has 2 aliphatic heterocycles. The van der Waals surface area contributed by atoms with E-state index in [2.05, 4.69) is 5.32 Å². The van der Waals surface area contributed by atoms with E-state index < -0.39 is 0 Å². The highest BCUT2D eigenvalue weighted by Crippen LogP contribution is 2.37. The number of carbonyl (C=O) groups is 1. The molecule has 1 amide bonds. The molecule has 0 aromatic heterocycles. The van der Waals surface area contributed by atoms with Crippen molar-refractivity contribution in [3.8, 4) is 0 Å². The Morgan fingerprint density at radius 2 is 2.35 bits per heavy atom. The van der Waals surface area contributed by atoms with Gasteiger partial charge in [-0.2, -0.15) is 0 Å². The number of carbonyl (C=O) groups excluding carboxylic acids is 1. The van der Waals surface area contributed by atoms with Crippen molar-refractivity contribution < 1.29 is 14.3 Å². The Morgan fingerprint density at radius 3 is 3.17 bits per heavy atom. The zero-order chi connectivity index (χ0) is 16.1. The second kappa shape index (κ2) is 8.38. The van der Waals surface area contributed by atoms with Gasteiger partial charge in [0.15, 0.2) is 0 Å². The summed E-state index contributed by atoms with van der Waals surface area (Å²) in [5, 5.41) is 3.82. The van der Waals surface area contributed by atoms with Crippen LogP contribution in [0.3, 0.4) is 0 Å². The van der Waals surface area contributed by atoms with Gasteiger partial charge >= 0.3 is 0 Å². The Kier molecular flexibility index (Phi) is 6.22. The summed E-state index contributed by atoms with van der Waals surface area (Å²) in [5.74, 6) is 1.04. The number of ether oxygens (including phenoxy) is 2. The lowest BCUT2D eigenvalue weighted by molar-refractivity contribution is -0.123. The molecule has 0 bridgehead atoms. The SMILES string of the molecule is O=C(CCOCC1CCCO1)NC1CCSc2ccc(Cl)cc21. The summed E-state index contributed by atoms with van der Waals surface area (Å²) in [6.07, 6.45) is 3.69. The Bertz CT molecular complexity index is 549. The molecular formula is C17H22ClNO3S. The minimum atomic E-state index is 0.0279. The van der Waals surface area contributed by atoms with E-state index in [1.165, 1.54) is 4.90 Å². The highest BCUT2D eigenvalue weighted by atomic mass is 35.5. The summed E-state index contributed by atoms with van der Waals surface area (Å²) >= 11 is 7.90. The van der Waals surface area contributed by atoms with Gasteiger partial charge in [-0.3, -0.25) is 4.79 Å². The summed E-state index contributed by atoms with van der Waals surface area (Å²) in [4.78, 5) is 13.3. The quantitative estimate of drug-likeness (QED) is 0.792. The van der Waals surface area contributed by atoms with Crippen LogP contribution in [0, 0.1) is 0 Å². The van der Waals surface area contributed by atoms with Crippen molar-refractivity contribution in [1.29, 1.82) is 0 Å². The lowest BCUT2D eigenvalue weighted by Crippen LogP contribution is -2.31. The first-order valence-electron chi connectivity index (χ1n) is 8.13. The van der Waals surface area contributed by atoms with Crippen molar-refractivity contribution >= 4 is 29.3 Å². The third-order valence-corrected chi connectivity index (χ3v) is 5.51. The average molecular weight is 356 g/mol. The smallest absolute Gasteiger partial charge is 0.222 e. The summed E-state index contributed by atoms with van der Waals surface area (Å²) in [6, 6.07) is 5.94. The van der Waals surface area contributed by atoms with Crippen LogP contribution in [0.2, 0.25) is 5.02 Å². The van der Waals surface area contributed by atoms with E-state index in [1.54, 1.807) is 0 Å². The maximum atomic E-state index is 12.1. The second-order valence-corrected chi connectivity index (χ2v) is 7.47. The molecule has 2 atom stereocenters. The standard InChI is InChI=1S/C17H22ClNO3S/c18-12-3-4-16-14(10-12)15(6-9-23-16)19-17(20)5-8-21-11-13-2-1-7-22-13/h3-4,10,13,15H,1-2,5-9,11H2,(H,19,20). The number of amides is 1. The van der Waals surface area contributed by atoms with Crippen molar-refractivity contribution in [3.63, 3.8) is 0 Å². The molecule has 1 fully saturated rings. The third kappa shape index (κ3) is 4.86. The van der Waals surface area contributed by atoms with E-state index >= 15 is 0 Å². The number of fused-ring (bicyclic) bond motifs is 1. The Morgan fingerprint density at radius 1 is 1.43 bits per heavy atom. The van der Waals surface area contributed by atoms with E-state index in [-0.39, 0.29) is 18.1 Å². The van der Waals surface area contributed by atoms with E-state index in [0.29, 0.717) is 24.7 Å². The largest absolute Gasteiger partial charge is 0.378 e. The highest BCUT2D eigenvalue weighted by Gasteiger charge is 2.22. The molecular weight excluding hydrogens is 334 g/mol. The van der Waals surface area contributed by atoms with Crippen LogP contribution in [0.25, 0.3) is 0 Å². The number of halogens is 1. The Hall–Kier alpha value is -0.750. The molecule has 2 aliphatic rings. The fourth-order valence-corrected chi connectivity index (χ4v) is 4.22. The molecule has 2 unspecified atom stereocenters. The van der Waals surface area contributed by atoms with Crippen LogP contribution in [0.15, 0.2) is 23.1 Å². The molecule has 0 spiro atoms. The molecule has 126 valence electrons. The van der Waals surface area contributed by atoms with E-state index in [1.807, 2.05) is 30.0 Å². The maximum Gasteiger partial charge on any atom is 0.222 e. The molecule has 0 aliphatic carbocycles. The lowest BCUT2D eigenvalue weighted by Gasteiger charge is -2.26. The number of thioether (sulfide) groups is 1. The Labute approximate surface area is 146 Å². The molecule has 2 heterocycles. The van der Waals surface area contributed by atoms with Crippen LogP contribution in [0.5, 0.6) is 0 Å². The van der Waals surface area contributed by atoms with Crippen molar-refractivity contribution in [2.75, 3.05) is 25.6 Å². The van der Waals surface area contributed by atoms with Gasteiger partial charge < -0.3 is 14.8 Å². The van der Waals surface area contributed by atoms with Gasteiger partial charge in [-0.1, -0.05) is 11.6 Å². The molecule has 1 N–H and O–H groups in total. The van der Waals surface area contributed by atoms with Gasteiger partial charge in [0.1, 0.15) is 0 Å². The summed E-state index contributed by atoms with van der Waals surface area (Å²) in [5.41, 5.74) is 1.13. The molecule has 1 aromatic rings. The summed E-state index contributed by atoms with van der Waals surface area (Å²) in [6.45, 7) is 1.86. The van der Waals surface area contributed by atoms with E-state index in [4.69, 9.17) is 21.1 Å². The van der Waals surface area contributed by atoms with Gasteiger partial charge in [-0.15, -0.1) is 11.8 Å². The van der Waals surface area contributed by atoms with Crippen LogP contribution in [0.1, 0.15) is 37.3 Å². The monoisotopic (exact) mass is 355 g/mol. The van der Waals surface area contributed by atoms with Gasteiger partial charge in [0, 0.05) is 28.7 Å². The van der Waals surface area contributed by atoms with Gasteiger partial charge in [-0.25, -0.2) is 0 Å². The first-order valence-corrected chi connectivity index (χ1v) is 9.49. The normalized spacial score (nSPS) is 23.5. The van der Waals surface area contributed by atoms with Crippen molar-refractivity contribution in [2.24, 2.45) is 0 Å². The molecule has 23 heavy (non-hydrogen) atoms. The minimum absolute atomic E-state index is 0.0279. The zero-order valence-corrected chi connectivity index (χ0v) is 14.6. The van der Waals surface area contributed by atoms with Gasteiger partial charge in [-0.05, 0) is 43.0 Å². The number of rotatable bonds is 6. The van der Waals surface area contributed by atoms with Gasteiger partial charge in [0.2, 0.25) is 5.91 Å². The molecule has 1 aromatic carbocycles. The van der Waals surface area contributed by atoms with Gasteiger partial charge in [0.25, 0.3) is 0 Å². The fourth-order valence-electron chi connectivity index (χ4n) is 2.94. The fraction of sp³-hybridized carbons (Fsp3) is 0.588. The predicted octanol–water partition coefficient (Wildman–Crippen LogP) is 3.58. The zero-order valence-electron chi connectivity index (χ0n) is 13.1. The summed E-state index contributed by atoms with van der Waals surface area (Å²) in [7, 11) is 0. The first-order chi connectivity index (χ1) is 11.2. The van der Waals surface area contributed by atoms with Crippen LogP contribution >= 0.6 is 23.4 Å². The van der Waals surface area contributed by atoms with E-state index in [0.717, 1.165) is 37.2 Å². The van der Waals surface area contributed by atoms with Crippen LogP contribution in [0.4, 0.5) is 0 Å². The average Bonchev–Trinajstić information content (AvgIpc) is 3.05. The summed E-state index contributed by atoms with van der Waals surface area (Å²) < 4.78 is 11.0. The van der Waals surface area contributed by atoms with Crippen LogP contribution < -0.4 is 5.32 Å². The highest BCUT2D eigenvalue weighted by molar-refractivity contribution is 7.99. The van der Waals surface area contributed by atoms with Crippen LogP contribution in [-0.4, -0.2) is 37.6 Å². The van der Waals surface area contributed by atoms with E-state index in [9.17, 15) is 4.79 Å². The molecule has 3 rings (SSSR count). The molecule has 0 radical (unpaired) electrons. The molecule has 0 saturated carbocycles. The molecule has 1 saturated heterocycles. The molecule has 4 nitrogen and oxygen atoms in total. The first kappa shape index (κ1) is 17.1.